The van der Waals surface area contributed by atoms with Gasteiger partial charge < -0.3 is 15.0 Å². The van der Waals surface area contributed by atoms with Gasteiger partial charge in [0.05, 0.1) is 7.11 Å². The predicted octanol–water partition coefficient (Wildman–Crippen LogP) is 4.63. The molecule has 0 aliphatic carbocycles. The predicted molar refractivity (Wildman–Crippen MR) is 95.4 cm³/mol. The van der Waals surface area contributed by atoms with E-state index in [0.29, 0.717) is 17.3 Å². The molecule has 0 unspecified atom stereocenters. The quantitative estimate of drug-likeness (QED) is 0.879. The molecule has 1 heterocycles. The van der Waals surface area contributed by atoms with Gasteiger partial charge in [-0.25, -0.2) is 4.79 Å². The lowest BCUT2D eigenvalue weighted by atomic mass is 10.2. The van der Waals surface area contributed by atoms with E-state index in [9.17, 15) is 4.79 Å². The highest BCUT2D eigenvalue weighted by Crippen LogP contribution is 2.41. The molecule has 0 saturated carbocycles. The molecular weight excluding hydrogens is 332 g/mol. The first kappa shape index (κ1) is 16.0. The number of carbonyl (C=O) groups excluding carboxylic acids is 1. The molecule has 1 aliphatic rings. The van der Waals surface area contributed by atoms with Crippen molar-refractivity contribution in [3.05, 3.63) is 59.1 Å². The molecular formula is C17H17ClN2O2S. The third-order valence-electron chi connectivity index (χ3n) is 3.63. The normalized spacial score (nSPS) is 17.1. The molecule has 2 amide bonds. The second-order valence-electron chi connectivity index (χ2n) is 5.10. The summed E-state index contributed by atoms with van der Waals surface area (Å²) in [6.07, 6.45) is 0. The van der Waals surface area contributed by atoms with Gasteiger partial charge in [-0.3, -0.25) is 0 Å². The Hall–Kier alpha value is -1.85. The van der Waals surface area contributed by atoms with E-state index in [1.807, 2.05) is 41.3 Å². The van der Waals surface area contributed by atoms with Crippen LogP contribution in [0.3, 0.4) is 0 Å². The molecule has 1 aliphatic heterocycles. The standard InChI is InChI=1S/C17H17ClN2O2S/c1-22-15-8-3-2-7-14(15)16-20(9-10-23-16)17(21)19-13-6-4-5-12(18)11-13/h2-8,11,16H,9-10H2,1H3,(H,19,21)/t16-/m1/s1. The minimum absolute atomic E-state index is 0.0506. The molecule has 1 saturated heterocycles. The fourth-order valence-electron chi connectivity index (χ4n) is 2.57. The number of thioether (sulfide) groups is 1. The van der Waals surface area contributed by atoms with E-state index in [2.05, 4.69) is 5.32 Å². The van der Waals surface area contributed by atoms with Gasteiger partial charge in [-0.1, -0.05) is 35.9 Å². The van der Waals surface area contributed by atoms with E-state index < -0.39 is 0 Å². The van der Waals surface area contributed by atoms with Crippen molar-refractivity contribution < 1.29 is 9.53 Å². The number of amides is 2. The lowest BCUT2D eigenvalue weighted by Crippen LogP contribution is -2.34. The average Bonchev–Trinajstić information content (AvgIpc) is 3.04. The van der Waals surface area contributed by atoms with Crippen LogP contribution >= 0.6 is 23.4 Å². The Bertz CT molecular complexity index is 710. The molecule has 3 rings (SSSR count). The topological polar surface area (TPSA) is 41.6 Å². The average molecular weight is 349 g/mol. The summed E-state index contributed by atoms with van der Waals surface area (Å²) in [5, 5.41) is 3.46. The van der Waals surface area contributed by atoms with Crippen LogP contribution in [0.2, 0.25) is 5.02 Å². The van der Waals surface area contributed by atoms with Crippen molar-refractivity contribution in [2.45, 2.75) is 5.37 Å². The zero-order chi connectivity index (χ0) is 16.2. The van der Waals surface area contributed by atoms with E-state index in [1.54, 1.807) is 31.0 Å². The van der Waals surface area contributed by atoms with Crippen LogP contribution in [0.5, 0.6) is 5.75 Å². The van der Waals surface area contributed by atoms with E-state index >= 15 is 0 Å². The van der Waals surface area contributed by atoms with Crippen molar-refractivity contribution in [2.75, 3.05) is 24.7 Å². The van der Waals surface area contributed by atoms with Gasteiger partial charge in [0, 0.05) is 28.6 Å². The van der Waals surface area contributed by atoms with Gasteiger partial charge in [0.2, 0.25) is 0 Å². The Morgan fingerprint density at radius 2 is 2.13 bits per heavy atom. The van der Waals surface area contributed by atoms with Crippen molar-refractivity contribution in [1.29, 1.82) is 0 Å². The number of anilines is 1. The maximum atomic E-state index is 12.6. The molecule has 0 aromatic heterocycles. The Morgan fingerprint density at radius 1 is 1.30 bits per heavy atom. The summed E-state index contributed by atoms with van der Waals surface area (Å²) in [6.45, 7) is 0.694. The summed E-state index contributed by atoms with van der Waals surface area (Å²) in [6, 6.07) is 14.8. The maximum Gasteiger partial charge on any atom is 0.323 e. The Balaban J connectivity index is 1.80. The van der Waals surface area contributed by atoms with Gasteiger partial charge >= 0.3 is 6.03 Å². The number of nitrogens with one attached hydrogen (secondary N) is 1. The molecule has 120 valence electrons. The van der Waals surface area contributed by atoms with Gasteiger partial charge in [0.1, 0.15) is 11.1 Å². The zero-order valence-corrected chi connectivity index (χ0v) is 14.2. The number of hydrogen-bond donors (Lipinski definition) is 1. The molecule has 0 radical (unpaired) electrons. The molecule has 1 N–H and O–H groups in total. The highest BCUT2D eigenvalue weighted by atomic mass is 35.5. The van der Waals surface area contributed by atoms with E-state index in [4.69, 9.17) is 16.3 Å². The molecule has 1 fully saturated rings. The Morgan fingerprint density at radius 3 is 2.91 bits per heavy atom. The van der Waals surface area contributed by atoms with Crippen molar-refractivity contribution >= 4 is 35.1 Å². The lowest BCUT2D eigenvalue weighted by molar-refractivity contribution is 0.213. The van der Waals surface area contributed by atoms with Gasteiger partial charge in [-0.2, -0.15) is 0 Å². The molecule has 2 aromatic rings. The highest BCUT2D eigenvalue weighted by Gasteiger charge is 2.32. The second kappa shape index (κ2) is 7.15. The number of halogens is 1. The molecule has 4 nitrogen and oxygen atoms in total. The van der Waals surface area contributed by atoms with Crippen molar-refractivity contribution in [2.24, 2.45) is 0 Å². The maximum absolute atomic E-state index is 12.6. The summed E-state index contributed by atoms with van der Waals surface area (Å²) in [7, 11) is 1.65. The molecule has 6 heteroatoms. The number of nitrogens with zero attached hydrogens (tertiary/aromatic N) is 1. The van der Waals surface area contributed by atoms with Gasteiger partial charge in [0.15, 0.2) is 0 Å². The molecule has 0 bridgehead atoms. The fraction of sp³-hybridized carbons (Fsp3) is 0.235. The van der Waals surface area contributed by atoms with Crippen LogP contribution in [0.1, 0.15) is 10.9 Å². The number of para-hydroxylation sites is 1. The van der Waals surface area contributed by atoms with Gasteiger partial charge in [-0.05, 0) is 24.3 Å². The Kier molecular flexibility index (Phi) is 4.98. The first-order valence-electron chi connectivity index (χ1n) is 7.27. The summed E-state index contributed by atoms with van der Waals surface area (Å²) >= 11 is 7.70. The van der Waals surface area contributed by atoms with Crippen molar-refractivity contribution in [3.8, 4) is 5.75 Å². The van der Waals surface area contributed by atoms with Crippen LogP contribution in [0.4, 0.5) is 10.5 Å². The summed E-state index contributed by atoms with van der Waals surface area (Å²) in [5.41, 5.74) is 1.71. The molecule has 0 spiro atoms. The number of urea groups is 1. The van der Waals surface area contributed by atoms with Crippen molar-refractivity contribution in [3.63, 3.8) is 0 Å². The van der Waals surface area contributed by atoms with Crippen LogP contribution in [0, 0.1) is 0 Å². The number of ether oxygens (including phenoxy) is 1. The minimum Gasteiger partial charge on any atom is -0.496 e. The lowest BCUT2D eigenvalue weighted by Gasteiger charge is -2.25. The largest absolute Gasteiger partial charge is 0.496 e. The fourth-order valence-corrected chi connectivity index (χ4v) is 4.04. The van der Waals surface area contributed by atoms with Crippen molar-refractivity contribution in [1.82, 2.24) is 4.90 Å². The summed E-state index contributed by atoms with van der Waals surface area (Å²) in [4.78, 5) is 14.4. The smallest absolute Gasteiger partial charge is 0.323 e. The number of methoxy groups -OCH3 is 1. The third-order valence-corrected chi connectivity index (χ3v) is 5.11. The zero-order valence-electron chi connectivity index (χ0n) is 12.7. The molecule has 2 aromatic carbocycles. The van der Waals surface area contributed by atoms with Crippen LogP contribution in [0.25, 0.3) is 0 Å². The minimum atomic E-state index is -0.131. The summed E-state index contributed by atoms with van der Waals surface area (Å²) in [5.74, 6) is 1.69. The van der Waals surface area contributed by atoms with Crippen LogP contribution in [-0.4, -0.2) is 30.3 Å². The summed E-state index contributed by atoms with van der Waals surface area (Å²) < 4.78 is 5.43. The first-order chi connectivity index (χ1) is 11.2. The van der Waals surface area contributed by atoms with Crippen LogP contribution in [0.15, 0.2) is 48.5 Å². The number of rotatable bonds is 3. The first-order valence-corrected chi connectivity index (χ1v) is 8.69. The monoisotopic (exact) mass is 348 g/mol. The van der Waals surface area contributed by atoms with Gasteiger partial charge in [-0.15, -0.1) is 11.8 Å². The highest BCUT2D eigenvalue weighted by molar-refractivity contribution is 7.99. The number of hydrogen-bond acceptors (Lipinski definition) is 3. The van der Waals surface area contributed by atoms with Gasteiger partial charge in [0.25, 0.3) is 0 Å². The molecule has 23 heavy (non-hydrogen) atoms. The Labute approximate surface area is 144 Å². The molecule has 1 atom stereocenters. The van der Waals surface area contributed by atoms with Crippen LogP contribution < -0.4 is 10.1 Å². The van der Waals surface area contributed by atoms with E-state index in [0.717, 1.165) is 17.1 Å². The van der Waals surface area contributed by atoms with E-state index in [1.165, 1.54) is 0 Å². The van der Waals surface area contributed by atoms with Crippen LogP contribution in [-0.2, 0) is 0 Å². The third kappa shape index (κ3) is 3.57. The number of carbonyl (C=O) groups is 1. The van der Waals surface area contributed by atoms with E-state index in [-0.39, 0.29) is 11.4 Å². The SMILES string of the molecule is COc1ccccc1[C@H]1SCCN1C(=O)Nc1cccc(Cl)c1. The number of benzene rings is 2. The second-order valence-corrected chi connectivity index (χ2v) is 6.72.